The normalized spacial score (nSPS) is 12.7. The van der Waals surface area contributed by atoms with Crippen molar-refractivity contribution >= 4 is 0 Å². The summed E-state index contributed by atoms with van der Waals surface area (Å²) in [4.78, 5) is 0. The Bertz CT molecular complexity index is 456. The second-order valence-corrected chi connectivity index (χ2v) is 4.05. The predicted octanol–water partition coefficient (Wildman–Crippen LogP) is 3.20. The van der Waals surface area contributed by atoms with Crippen LogP contribution in [0.1, 0.15) is 35.6 Å². The summed E-state index contributed by atoms with van der Waals surface area (Å²) < 4.78 is 5.65. The lowest BCUT2D eigenvalue weighted by Crippen LogP contribution is -2.10. The highest BCUT2D eigenvalue weighted by atomic mass is 16.3. The first-order valence-corrected chi connectivity index (χ1v) is 5.61. The maximum Gasteiger partial charge on any atom is 0.125 e. The number of hydrogen-bond acceptors (Lipinski definition) is 2. The van der Waals surface area contributed by atoms with E-state index in [1.807, 2.05) is 24.3 Å². The van der Waals surface area contributed by atoms with Crippen LogP contribution < -0.4 is 5.73 Å². The van der Waals surface area contributed by atoms with Crippen LogP contribution in [0.15, 0.2) is 40.8 Å². The lowest BCUT2D eigenvalue weighted by Gasteiger charge is -2.09. The van der Waals surface area contributed by atoms with E-state index in [0.29, 0.717) is 0 Å². The molecular weight excluding hydrogens is 198 g/mol. The minimum Gasteiger partial charge on any atom is -0.464 e. The summed E-state index contributed by atoms with van der Waals surface area (Å²) in [7, 11) is 0. The van der Waals surface area contributed by atoms with Crippen molar-refractivity contribution in [2.75, 3.05) is 0 Å². The molecule has 0 bridgehead atoms. The van der Waals surface area contributed by atoms with Crippen molar-refractivity contribution in [2.24, 2.45) is 5.73 Å². The Morgan fingerprint density at radius 1 is 1.12 bits per heavy atom. The maximum absolute atomic E-state index is 6.14. The van der Waals surface area contributed by atoms with Gasteiger partial charge in [-0.3, -0.25) is 0 Å². The van der Waals surface area contributed by atoms with E-state index in [-0.39, 0.29) is 6.04 Å². The van der Waals surface area contributed by atoms with Gasteiger partial charge >= 0.3 is 0 Å². The molecule has 1 aromatic heterocycles. The van der Waals surface area contributed by atoms with Gasteiger partial charge in [0.25, 0.3) is 0 Å². The van der Waals surface area contributed by atoms with Crippen molar-refractivity contribution in [3.8, 4) is 0 Å². The second kappa shape index (κ2) is 4.54. The molecule has 0 aliphatic carbocycles. The minimum atomic E-state index is -0.166. The zero-order valence-electron chi connectivity index (χ0n) is 9.73. The molecule has 0 saturated carbocycles. The number of hydrogen-bond donors (Lipinski definition) is 1. The first-order valence-electron chi connectivity index (χ1n) is 5.61. The van der Waals surface area contributed by atoms with Crippen LogP contribution in [0.3, 0.4) is 0 Å². The average molecular weight is 215 g/mol. The van der Waals surface area contributed by atoms with Crippen molar-refractivity contribution in [1.29, 1.82) is 0 Å². The van der Waals surface area contributed by atoms with Crippen molar-refractivity contribution in [3.05, 3.63) is 59.0 Å². The molecule has 0 fully saturated rings. The Morgan fingerprint density at radius 2 is 1.81 bits per heavy atom. The highest BCUT2D eigenvalue weighted by Crippen LogP contribution is 2.22. The molecule has 0 saturated heterocycles. The van der Waals surface area contributed by atoms with Gasteiger partial charge in [0, 0.05) is 6.42 Å². The van der Waals surface area contributed by atoms with Gasteiger partial charge in [0.15, 0.2) is 0 Å². The third-order valence-corrected chi connectivity index (χ3v) is 2.77. The van der Waals surface area contributed by atoms with E-state index in [0.717, 1.165) is 23.5 Å². The quantitative estimate of drug-likeness (QED) is 0.854. The van der Waals surface area contributed by atoms with E-state index in [4.69, 9.17) is 10.2 Å². The molecule has 0 aliphatic rings. The van der Waals surface area contributed by atoms with Crippen LogP contribution in [-0.2, 0) is 6.42 Å². The molecular formula is C14H17NO. The Balaban J connectivity index is 2.24. The molecule has 0 aliphatic heterocycles. The lowest BCUT2D eigenvalue weighted by atomic mass is 10.0. The molecule has 1 atom stereocenters. The summed E-state index contributed by atoms with van der Waals surface area (Å²) >= 11 is 0. The van der Waals surface area contributed by atoms with Gasteiger partial charge in [0.2, 0.25) is 0 Å². The molecule has 0 spiro atoms. The van der Waals surface area contributed by atoms with Crippen molar-refractivity contribution in [2.45, 2.75) is 26.3 Å². The number of aryl methyl sites for hydroxylation is 2. The second-order valence-electron chi connectivity index (χ2n) is 4.05. The van der Waals surface area contributed by atoms with Crippen LogP contribution in [0.25, 0.3) is 0 Å². The molecule has 2 aromatic rings. The Hall–Kier alpha value is -1.54. The fourth-order valence-electron chi connectivity index (χ4n) is 1.69. The van der Waals surface area contributed by atoms with Crippen molar-refractivity contribution in [3.63, 3.8) is 0 Å². The van der Waals surface area contributed by atoms with Gasteiger partial charge in [-0.1, -0.05) is 36.8 Å². The number of nitrogens with two attached hydrogens (primary N) is 1. The van der Waals surface area contributed by atoms with Crippen LogP contribution in [0.4, 0.5) is 0 Å². The Kier molecular flexibility index (Phi) is 3.11. The highest BCUT2D eigenvalue weighted by molar-refractivity contribution is 5.29. The molecule has 0 amide bonds. The lowest BCUT2D eigenvalue weighted by molar-refractivity contribution is 0.454. The van der Waals surface area contributed by atoms with E-state index in [1.165, 1.54) is 5.56 Å². The van der Waals surface area contributed by atoms with E-state index in [1.54, 1.807) is 0 Å². The summed E-state index contributed by atoms with van der Waals surface area (Å²) in [5.41, 5.74) is 8.47. The monoisotopic (exact) mass is 215 g/mol. The van der Waals surface area contributed by atoms with Crippen LogP contribution in [0.5, 0.6) is 0 Å². The zero-order valence-corrected chi connectivity index (χ0v) is 9.73. The molecule has 2 nitrogen and oxygen atoms in total. The molecule has 2 N–H and O–H groups in total. The van der Waals surface area contributed by atoms with Crippen LogP contribution in [-0.4, -0.2) is 0 Å². The van der Waals surface area contributed by atoms with Crippen LogP contribution in [0, 0.1) is 6.92 Å². The molecule has 16 heavy (non-hydrogen) atoms. The summed E-state index contributed by atoms with van der Waals surface area (Å²) in [5.74, 6) is 1.82. The smallest absolute Gasteiger partial charge is 0.125 e. The topological polar surface area (TPSA) is 39.2 Å². The van der Waals surface area contributed by atoms with E-state index in [9.17, 15) is 0 Å². The fourth-order valence-corrected chi connectivity index (χ4v) is 1.69. The van der Waals surface area contributed by atoms with E-state index >= 15 is 0 Å². The Morgan fingerprint density at radius 3 is 2.38 bits per heavy atom. The summed E-state index contributed by atoms with van der Waals surface area (Å²) in [6.07, 6.45) is 0.903. The summed E-state index contributed by atoms with van der Waals surface area (Å²) in [6, 6.07) is 12.0. The number of rotatable bonds is 3. The Labute approximate surface area is 96.1 Å². The van der Waals surface area contributed by atoms with Gasteiger partial charge in [-0.2, -0.15) is 0 Å². The standard InChI is InChI=1S/C14H17NO/c1-3-12-8-9-13(16-12)14(15)11-6-4-10(2)5-7-11/h4-9,14H,3,15H2,1-2H3. The third kappa shape index (κ3) is 2.17. The van der Waals surface area contributed by atoms with Gasteiger partial charge in [0.05, 0.1) is 6.04 Å². The van der Waals surface area contributed by atoms with E-state index in [2.05, 4.69) is 26.0 Å². The largest absolute Gasteiger partial charge is 0.464 e. The average Bonchev–Trinajstić information content (AvgIpc) is 2.77. The number of benzene rings is 1. The molecule has 0 radical (unpaired) electrons. The van der Waals surface area contributed by atoms with Crippen molar-refractivity contribution in [1.82, 2.24) is 0 Å². The molecule has 1 heterocycles. The first-order chi connectivity index (χ1) is 7.70. The molecule has 84 valence electrons. The maximum atomic E-state index is 6.14. The summed E-state index contributed by atoms with van der Waals surface area (Å²) in [6.45, 7) is 4.14. The van der Waals surface area contributed by atoms with Gasteiger partial charge in [-0.15, -0.1) is 0 Å². The van der Waals surface area contributed by atoms with Crippen molar-refractivity contribution < 1.29 is 4.42 Å². The predicted molar refractivity (Wildman–Crippen MR) is 65.3 cm³/mol. The third-order valence-electron chi connectivity index (χ3n) is 2.77. The molecule has 2 heteroatoms. The summed E-state index contributed by atoms with van der Waals surface area (Å²) in [5, 5.41) is 0. The van der Waals surface area contributed by atoms with Crippen LogP contribution >= 0.6 is 0 Å². The van der Waals surface area contributed by atoms with Gasteiger partial charge < -0.3 is 10.2 Å². The van der Waals surface area contributed by atoms with Gasteiger partial charge in [-0.05, 0) is 24.6 Å². The van der Waals surface area contributed by atoms with Gasteiger partial charge in [-0.25, -0.2) is 0 Å². The van der Waals surface area contributed by atoms with Gasteiger partial charge in [0.1, 0.15) is 11.5 Å². The highest BCUT2D eigenvalue weighted by Gasteiger charge is 2.12. The molecule has 1 unspecified atom stereocenters. The zero-order chi connectivity index (χ0) is 11.5. The minimum absolute atomic E-state index is 0.166. The fraction of sp³-hybridized carbons (Fsp3) is 0.286. The van der Waals surface area contributed by atoms with Crippen LogP contribution in [0.2, 0.25) is 0 Å². The first kappa shape index (κ1) is 11.0. The van der Waals surface area contributed by atoms with E-state index < -0.39 is 0 Å². The molecule has 1 aromatic carbocycles. The molecule has 2 rings (SSSR count). The SMILES string of the molecule is CCc1ccc(C(N)c2ccc(C)cc2)o1. The number of furan rings is 1.